The lowest BCUT2D eigenvalue weighted by Crippen LogP contribution is -2.21. The highest BCUT2D eigenvalue weighted by Crippen LogP contribution is 1.70. The van der Waals surface area contributed by atoms with Gasteiger partial charge in [-0.1, -0.05) is 21.3 Å². The Kier molecular flexibility index (Phi) is 14.7. The Bertz CT molecular complexity index is 40.5. The molecule has 0 saturated heterocycles. The van der Waals surface area contributed by atoms with Crippen LogP contribution in [0.1, 0.15) is 27.7 Å². The van der Waals surface area contributed by atoms with Gasteiger partial charge in [-0.25, -0.2) is 0 Å². The van der Waals surface area contributed by atoms with Gasteiger partial charge in [-0.15, -0.1) is 0 Å². The summed E-state index contributed by atoms with van der Waals surface area (Å²) in [4.78, 5) is 0. The molecule has 64 valence electrons. The van der Waals surface area contributed by atoms with Crippen molar-refractivity contribution in [3.05, 3.63) is 0 Å². The molecule has 0 aliphatic carbocycles. The molecule has 0 radical (unpaired) electrons. The fraction of sp³-hybridized carbons (Fsp3) is 1.00. The van der Waals surface area contributed by atoms with Gasteiger partial charge in [0.15, 0.2) is 0 Å². The van der Waals surface area contributed by atoms with E-state index in [-0.39, 0.29) is 7.43 Å². The van der Waals surface area contributed by atoms with E-state index in [1.807, 2.05) is 0 Å². The largest absolute Gasteiger partial charge is 0.317 e. The lowest BCUT2D eigenvalue weighted by Gasteiger charge is -2.00. The summed E-state index contributed by atoms with van der Waals surface area (Å²) in [5.41, 5.74) is 0. The molecule has 0 heterocycles. The molecule has 0 fully saturated rings. The van der Waals surface area contributed by atoms with Gasteiger partial charge < -0.3 is 10.6 Å². The van der Waals surface area contributed by atoms with E-state index in [1.54, 1.807) is 0 Å². The van der Waals surface area contributed by atoms with E-state index in [1.165, 1.54) is 6.42 Å². The predicted molar refractivity (Wildman–Crippen MR) is 48.4 cm³/mol. The second kappa shape index (κ2) is 11.7. The summed E-state index contributed by atoms with van der Waals surface area (Å²) in [5, 5.41) is 6.53. The third kappa shape index (κ3) is 10.8. The van der Waals surface area contributed by atoms with Crippen LogP contribution in [-0.4, -0.2) is 26.2 Å². The van der Waals surface area contributed by atoms with Gasteiger partial charge in [-0.05, 0) is 32.6 Å². The second-order valence-electron chi connectivity index (χ2n) is 2.06. The molecule has 0 aliphatic rings. The first-order valence-electron chi connectivity index (χ1n) is 3.83. The lowest BCUT2D eigenvalue weighted by molar-refractivity contribution is 0.619. The van der Waals surface area contributed by atoms with Crippen LogP contribution in [-0.2, 0) is 0 Å². The summed E-state index contributed by atoms with van der Waals surface area (Å²) in [6.45, 7) is 8.73. The Balaban J connectivity index is 0. The van der Waals surface area contributed by atoms with Gasteiger partial charge in [0.1, 0.15) is 0 Å². The quantitative estimate of drug-likeness (QED) is 0.551. The molecule has 0 aromatic carbocycles. The number of hydrogen-bond donors (Lipinski definition) is 2. The van der Waals surface area contributed by atoms with Gasteiger partial charge in [-0.2, -0.15) is 0 Å². The molecule has 0 rings (SSSR count). The zero-order valence-corrected chi connectivity index (χ0v) is 6.54. The standard InChI is InChI=1S/C7H18N2.CH4/c1-3-8-6-5-7-9-4-2;/h8-9H,3-7H2,1-2H3;1H4. The van der Waals surface area contributed by atoms with E-state index in [0.29, 0.717) is 0 Å². The summed E-state index contributed by atoms with van der Waals surface area (Å²) in [6, 6.07) is 0. The molecule has 2 nitrogen and oxygen atoms in total. The predicted octanol–water partition coefficient (Wildman–Crippen LogP) is 1.23. The molecule has 2 N–H and O–H groups in total. The maximum absolute atomic E-state index is 3.27. The minimum absolute atomic E-state index is 0. The van der Waals surface area contributed by atoms with Crippen LogP contribution in [0.3, 0.4) is 0 Å². The van der Waals surface area contributed by atoms with Crippen molar-refractivity contribution in [3.8, 4) is 0 Å². The first-order chi connectivity index (χ1) is 4.41. The third-order valence-corrected chi connectivity index (χ3v) is 1.21. The van der Waals surface area contributed by atoms with Crippen molar-refractivity contribution < 1.29 is 0 Å². The number of hydrogen-bond acceptors (Lipinski definition) is 2. The molecular formula is C8H22N2. The first-order valence-corrected chi connectivity index (χ1v) is 3.83. The van der Waals surface area contributed by atoms with Crippen LogP contribution in [0, 0.1) is 0 Å². The highest BCUT2D eigenvalue weighted by atomic mass is 14.9. The Morgan fingerprint density at radius 1 is 0.900 bits per heavy atom. The minimum atomic E-state index is 0. The van der Waals surface area contributed by atoms with Gasteiger partial charge in [0.2, 0.25) is 0 Å². The van der Waals surface area contributed by atoms with E-state index in [4.69, 9.17) is 0 Å². The number of nitrogens with one attached hydrogen (secondary N) is 2. The molecule has 0 spiro atoms. The summed E-state index contributed by atoms with van der Waals surface area (Å²) < 4.78 is 0. The van der Waals surface area contributed by atoms with Crippen LogP contribution >= 0.6 is 0 Å². The van der Waals surface area contributed by atoms with Crippen LogP contribution in [0.4, 0.5) is 0 Å². The molecule has 0 saturated carbocycles. The smallest absolute Gasteiger partial charge is 0.00369 e. The van der Waals surface area contributed by atoms with Crippen LogP contribution in [0.5, 0.6) is 0 Å². The fourth-order valence-corrected chi connectivity index (χ4v) is 0.692. The summed E-state index contributed by atoms with van der Waals surface area (Å²) >= 11 is 0. The van der Waals surface area contributed by atoms with Gasteiger partial charge in [0.25, 0.3) is 0 Å². The molecule has 0 aromatic rings. The van der Waals surface area contributed by atoms with Crippen LogP contribution < -0.4 is 10.6 Å². The molecule has 2 heteroatoms. The molecule has 0 aromatic heterocycles. The van der Waals surface area contributed by atoms with Crippen LogP contribution in [0.25, 0.3) is 0 Å². The van der Waals surface area contributed by atoms with Crippen molar-refractivity contribution in [1.29, 1.82) is 0 Å². The molecule has 0 bridgehead atoms. The van der Waals surface area contributed by atoms with Crippen molar-refractivity contribution in [3.63, 3.8) is 0 Å². The second-order valence-corrected chi connectivity index (χ2v) is 2.06. The highest BCUT2D eigenvalue weighted by Gasteiger charge is 1.82. The van der Waals surface area contributed by atoms with Crippen LogP contribution in [0.2, 0.25) is 0 Å². The minimum Gasteiger partial charge on any atom is -0.317 e. The van der Waals surface area contributed by atoms with E-state index < -0.39 is 0 Å². The van der Waals surface area contributed by atoms with Crippen LogP contribution in [0.15, 0.2) is 0 Å². The van der Waals surface area contributed by atoms with Gasteiger partial charge in [0.05, 0.1) is 0 Å². The van der Waals surface area contributed by atoms with E-state index in [9.17, 15) is 0 Å². The summed E-state index contributed by atoms with van der Waals surface area (Å²) in [6.07, 6.45) is 1.24. The van der Waals surface area contributed by atoms with Crippen molar-refractivity contribution in [2.24, 2.45) is 0 Å². The fourth-order valence-electron chi connectivity index (χ4n) is 0.692. The molecular weight excluding hydrogens is 124 g/mol. The van der Waals surface area contributed by atoms with Gasteiger partial charge in [0, 0.05) is 0 Å². The van der Waals surface area contributed by atoms with Crippen molar-refractivity contribution in [2.45, 2.75) is 27.7 Å². The van der Waals surface area contributed by atoms with E-state index in [0.717, 1.165) is 26.2 Å². The topological polar surface area (TPSA) is 24.1 Å². The average Bonchev–Trinajstić information content (AvgIpc) is 1.89. The first kappa shape index (κ1) is 12.6. The molecule has 0 amide bonds. The van der Waals surface area contributed by atoms with Crippen molar-refractivity contribution >= 4 is 0 Å². The van der Waals surface area contributed by atoms with Gasteiger partial charge in [-0.3, -0.25) is 0 Å². The summed E-state index contributed by atoms with van der Waals surface area (Å²) in [7, 11) is 0. The van der Waals surface area contributed by atoms with E-state index in [2.05, 4.69) is 24.5 Å². The van der Waals surface area contributed by atoms with Crippen molar-refractivity contribution in [1.82, 2.24) is 10.6 Å². The Morgan fingerprint density at radius 2 is 1.30 bits per heavy atom. The zero-order chi connectivity index (χ0) is 6.95. The maximum Gasteiger partial charge on any atom is -0.00369 e. The highest BCUT2D eigenvalue weighted by molar-refractivity contribution is 4.47. The molecule has 0 unspecified atom stereocenters. The molecule has 10 heavy (non-hydrogen) atoms. The third-order valence-electron chi connectivity index (χ3n) is 1.21. The SMILES string of the molecule is C.CCNCCCNCC. The Hall–Kier alpha value is -0.0800. The van der Waals surface area contributed by atoms with Crippen molar-refractivity contribution in [2.75, 3.05) is 26.2 Å². The van der Waals surface area contributed by atoms with E-state index >= 15 is 0 Å². The molecule has 0 aliphatic heterocycles. The maximum atomic E-state index is 3.27. The Morgan fingerprint density at radius 3 is 1.60 bits per heavy atom. The zero-order valence-electron chi connectivity index (χ0n) is 6.54. The lowest BCUT2D eigenvalue weighted by atomic mass is 10.4. The number of rotatable bonds is 6. The molecule has 0 atom stereocenters. The van der Waals surface area contributed by atoms with Gasteiger partial charge >= 0.3 is 0 Å². The monoisotopic (exact) mass is 146 g/mol. The average molecular weight is 146 g/mol. The Labute approximate surface area is 65.4 Å². The normalized spacial score (nSPS) is 9.00. The summed E-state index contributed by atoms with van der Waals surface area (Å²) in [5.74, 6) is 0.